The molecule has 4 nitrogen and oxygen atoms in total. The van der Waals surface area contributed by atoms with Crippen molar-refractivity contribution in [2.24, 2.45) is 23.0 Å². The van der Waals surface area contributed by atoms with Gasteiger partial charge >= 0.3 is 0 Å². The van der Waals surface area contributed by atoms with Gasteiger partial charge in [0.1, 0.15) is 0 Å². The van der Waals surface area contributed by atoms with Gasteiger partial charge in [0.05, 0.1) is 5.92 Å². The minimum atomic E-state index is -0.383. The summed E-state index contributed by atoms with van der Waals surface area (Å²) in [5.41, 5.74) is 5.17. The lowest BCUT2D eigenvalue weighted by Gasteiger charge is -2.34. The van der Waals surface area contributed by atoms with Crippen molar-refractivity contribution in [1.82, 2.24) is 5.32 Å². The maximum Gasteiger partial charge on any atom is 0.224 e. The average Bonchev–Trinajstić information content (AvgIpc) is 2.15. The molecule has 0 aliphatic rings. The highest BCUT2D eigenvalue weighted by Crippen LogP contribution is 2.34. The molecule has 0 saturated carbocycles. The third-order valence-corrected chi connectivity index (χ3v) is 2.93. The first kappa shape index (κ1) is 15.9. The Morgan fingerprint density at radius 3 is 2.06 bits per heavy atom. The molecule has 17 heavy (non-hydrogen) atoms. The van der Waals surface area contributed by atoms with Crippen molar-refractivity contribution in [3.05, 3.63) is 0 Å². The van der Waals surface area contributed by atoms with Crippen LogP contribution in [-0.2, 0) is 9.59 Å². The van der Waals surface area contributed by atoms with Crippen LogP contribution in [0, 0.1) is 17.3 Å². The summed E-state index contributed by atoms with van der Waals surface area (Å²) >= 11 is 0. The van der Waals surface area contributed by atoms with E-state index in [-0.39, 0.29) is 29.1 Å². The highest BCUT2D eigenvalue weighted by molar-refractivity contribution is 5.87. The molecule has 0 aliphatic carbocycles. The molecule has 1 unspecified atom stereocenters. The number of carbonyl (C=O) groups excluding carboxylic acids is 2. The molecule has 4 heteroatoms. The molecule has 3 N–H and O–H groups in total. The van der Waals surface area contributed by atoms with Crippen LogP contribution in [0.5, 0.6) is 0 Å². The van der Waals surface area contributed by atoms with Crippen LogP contribution in [0.4, 0.5) is 0 Å². The second kappa shape index (κ2) is 6.62. The zero-order valence-electron chi connectivity index (χ0n) is 11.7. The molecule has 0 aromatic heterocycles. The van der Waals surface area contributed by atoms with Gasteiger partial charge in [0.15, 0.2) is 0 Å². The summed E-state index contributed by atoms with van der Waals surface area (Å²) in [6.07, 6.45) is 1.51. The number of amides is 2. The highest BCUT2D eigenvalue weighted by atomic mass is 16.2. The van der Waals surface area contributed by atoms with Gasteiger partial charge in [0, 0.05) is 12.5 Å². The molecular weight excluding hydrogens is 216 g/mol. The predicted octanol–water partition coefficient (Wildman–Crippen LogP) is 1.69. The summed E-state index contributed by atoms with van der Waals surface area (Å²) < 4.78 is 0. The van der Waals surface area contributed by atoms with Gasteiger partial charge in [-0.1, -0.05) is 34.1 Å². The van der Waals surface area contributed by atoms with E-state index in [1.807, 2.05) is 34.6 Å². The van der Waals surface area contributed by atoms with Crippen molar-refractivity contribution in [2.75, 3.05) is 6.54 Å². The van der Waals surface area contributed by atoms with E-state index in [9.17, 15) is 9.59 Å². The first-order chi connectivity index (χ1) is 7.75. The van der Waals surface area contributed by atoms with E-state index >= 15 is 0 Å². The first-order valence-corrected chi connectivity index (χ1v) is 6.32. The monoisotopic (exact) mass is 242 g/mol. The normalized spacial score (nSPS) is 15.1. The van der Waals surface area contributed by atoms with Gasteiger partial charge in [0.2, 0.25) is 11.8 Å². The number of hydrogen-bond donors (Lipinski definition) is 2. The zero-order valence-corrected chi connectivity index (χ0v) is 11.7. The maximum absolute atomic E-state index is 12.1. The van der Waals surface area contributed by atoms with Crippen LogP contribution in [0.2, 0.25) is 0 Å². The molecule has 0 heterocycles. The lowest BCUT2D eigenvalue weighted by Crippen LogP contribution is -2.46. The number of nitrogens with two attached hydrogens (primary N) is 1. The molecule has 0 rings (SSSR count). The van der Waals surface area contributed by atoms with E-state index in [4.69, 9.17) is 5.73 Å². The van der Waals surface area contributed by atoms with E-state index in [2.05, 4.69) is 5.32 Å². The second-order valence-corrected chi connectivity index (χ2v) is 5.54. The van der Waals surface area contributed by atoms with Crippen LogP contribution in [-0.4, -0.2) is 18.4 Å². The van der Waals surface area contributed by atoms with Gasteiger partial charge in [-0.25, -0.2) is 0 Å². The SMILES string of the molecule is CCC[C@H](C(N)=O)C(C(=O)NCC)C(C)(C)C. The Morgan fingerprint density at radius 1 is 1.24 bits per heavy atom. The van der Waals surface area contributed by atoms with Crippen molar-refractivity contribution in [2.45, 2.75) is 47.5 Å². The third kappa shape index (κ3) is 4.75. The summed E-state index contributed by atoms with van der Waals surface area (Å²) in [4.78, 5) is 23.6. The van der Waals surface area contributed by atoms with Gasteiger partial charge in [-0.2, -0.15) is 0 Å². The first-order valence-electron chi connectivity index (χ1n) is 6.32. The highest BCUT2D eigenvalue weighted by Gasteiger charge is 2.39. The Hall–Kier alpha value is -1.06. The number of primary amides is 1. The van der Waals surface area contributed by atoms with E-state index in [1.165, 1.54) is 0 Å². The molecule has 0 saturated heterocycles. The number of hydrogen-bond acceptors (Lipinski definition) is 2. The Labute approximate surface area is 104 Å². The number of carbonyl (C=O) groups is 2. The average molecular weight is 242 g/mol. The molecule has 0 aromatic rings. The Morgan fingerprint density at radius 2 is 1.76 bits per heavy atom. The Bertz CT molecular complexity index is 269. The van der Waals surface area contributed by atoms with Crippen LogP contribution < -0.4 is 11.1 Å². The van der Waals surface area contributed by atoms with Crippen LogP contribution in [0.15, 0.2) is 0 Å². The fraction of sp³-hybridized carbons (Fsp3) is 0.846. The van der Waals surface area contributed by atoms with Crippen LogP contribution in [0.1, 0.15) is 47.5 Å². The number of rotatable bonds is 6. The van der Waals surface area contributed by atoms with Crippen LogP contribution in [0.3, 0.4) is 0 Å². The molecule has 0 spiro atoms. The quantitative estimate of drug-likeness (QED) is 0.744. The Balaban J connectivity index is 5.13. The fourth-order valence-corrected chi connectivity index (χ4v) is 2.25. The van der Waals surface area contributed by atoms with Gasteiger partial charge in [-0.15, -0.1) is 0 Å². The molecule has 0 aliphatic heterocycles. The largest absolute Gasteiger partial charge is 0.369 e. The third-order valence-electron chi connectivity index (χ3n) is 2.93. The topological polar surface area (TPSA) is 72.2 Å². The molecule has 0 bridgehead atoms. The van der Waals surface area contributed by atoms with Crippen molar-refractivity contribution in [1.29, 1.82) is 0 Å². The molecule has 0 fully saturated rings. The van der Waals surface area contributed by atoms with Crippen LogP contribution in [0.25, 0.3) is 0 Å². The molecule has 0 aromatic carbocycles. The maximum atomic E-state index is 12.1. The van der Waals surface area contributed by atoms with Gasteiger partial charge in [0.25, 0.3) is 0 Å². The minimum Gasteiger partial charge on any atom is -0.369 e. The minimum absolute atomic E-state index is 0.0720. The standard InChI is InChI=1S/C13H26N2O2/c1-6-8-9(11(14)16)10(13(3,4)5)12(17)15-7-2/h9-10H,6-8H2,1-5H3,(H2,14,16)(H,15,17)/t9-,10?/m0/s1. The van der Waals surface area contributed by atoms with E-state index in [0.29, 0.717) is 13.0 Å². The lowest BCUT2D eigenvalue weighted by molar-refractivity contribution is -0.137. The van der Waals surface area contributed by atoms with Crippen LogP contribution >= 0.6 is 0 Å². The van der Waals surface area contributed by atoms with Crippen molar-refractivity contribution in [3.63, 3.8) is 0 Å². The predicted molar refractivity (Wildman–Crippen MR) is 69.2 cm³/mol. The van der Waals surface area contributed by atoms with Crippen molar-refractivity contribution in [3.8, 4) is 0 Å². The summed E-state index contributed by atoms with van der Waals surface area (Å²) in [6, 6.07) is 0. The van der Waals surface area contributed by atoms with E-state index < -0.39 is 0 Å². The van der Waals surface area contributed by atoms with Gasteiger partial charge < -0.3 is 11.1 Å². The molecule has 100 valence electrons. The smallest absolute Gasteiger partial charge is 0.224 e. The zero-order chi connectivity index (χ0) is 13.6. The van der Waals surface area contributed by atoms with Gasteiger partial charge in [-0.3, -0.25) is 9.59 Å². The van der Waals surface area contributed by atoms with Crippen molar-refractivity contribution < 1.29 is 9.59 Å². The summed E-state index contributed by atoms with van der Waals surface area (Å²) in [5.74, 6) is -1.19. The molecule has 2 atom stereocenters. The molecular formula is C13H26N2O2. The van der Waals surface area contributed by atoms with E-state index in [0.717, 1.165) is 6.42 Å². The van der Waals surface area contributed by atoms with Crippen molar-refractivity contribution >= 4 is 11.8 Å². The summed E-state index contributed by atoms with van der Waals surface area (Å²) in [7, 11) is 0. The van der Waals surface area contributed by atoms with E-state index in [1.54, 1.807) is 0 Å². The number of nitrogens with one attached hydrogen (secondary N) is 1. The second-order valence-electron chi connectivity index (χ2n) is 5.54. The fourth-order valence-electron chi connectivity index (χ4n) is 2.25. The lowest BCUT2D eigenvalue weighted by atomic mass is 9.71. The molecule has 0 radical (unpaired) electrons. The molecule has 2 amide bonds. The Kier molecular flexibility index (Phi) is 6.21. The van der Waals surface area contributed by atoms with Gasteiger partial charge in [-0.05, 0) is 18.8 Å². The summed E-state index contributed by atoms with van der Waals surface area (Å²) in [5, 5.41) is 2.80. The summed E-state index contributed by atoms with van der Waals surface area (Å²) in [6.45, 7) is 10.3.